The highest BCUT2D eigenvalue weighted by molar-refractivity contribution is 6.09. The highest BCUT2D eigenvalue weighted by Crippen LogP contribution is 2.65. The first kappa shape index (κ1) is 14.9. The highest BCUT2D eigenvalue weighted by atomic mass is 16.2. The van der Waals surface area contributed by atoms with E-state index in [1.54, 1.807) is 0 Å². The molecule has 0 aromatic heterocycles. The third-order valence-electron chi connectivity index (χ3n) is 6.39. The number of amides is 3. The third kappa shape index (κ3) is 2.11. The molecular weight excluding hydrogens is 316 g/mol. The number of nitrogens with zero attached hydrogens (tertiary/aromatic N) is 1. The number of nitrogens with one attached hydrogen (secondary N) is 1. The van der Waals surface area contributed by atoms with E-state index in [0.29, 0.717) is 17.5 Å². The van der Waals surface area contributed by atoms with Crippen LogP contribution in [0.3, 0.4) is 0 Å². The number of carbonyl (C=O) groups excluding carboxylic acids is 3. The number of carbonyl (C=O) groups is 3. The lowest BCUT2D eigenvalue weighted by atomic mass is 9.63. The summed E-state index contributed by atoms with van der Waals surface area (Å²) in [6, 6.07) is 7.45. The quantitative estimate of drug-likeness (QED) is 0.678. The van der Waals surface area contributed by atoms with Crippen LogP contribution < -0.4 is 5.32 Å². The molecule has 0 unspecified atom stereocenters. The van der Waals surface area contributed by atoms with Crippen molar-refractivity contribution < 1.29 is 14.4 Å². The average Bonchev–Trinajstić information content (AvgIpc) is 3.38. The maximum atomic E-state index is 12.8. The zero-order valence-electron chi connectivity index (χ0n) is 14.0. The van der Waals surface area contributed by atoms with E-state index in [0.717, 1.165) is 12.0 Å². The number of hydrogen-bond donors (Lipinski definition) is 1. The molecule has 4 aliphatic carbocycles. The molecule has 5 heteroatoms. The molecule has 6 atom stereocenters. The second-order valence-electron chi connectivity index (χ2n) is 7.83. The Morgan fingerprint density at radius 3 is 2.16 bits per heavy atom. The molecule has 3 fully saturated rings. The Labute approximate surface area is 146 Å². The van der Waals surface area contributed by atoms with Crippen molar-refractivity contribution in [2.75, 3.05) is 11.9 Å². The fourth-order valence-electron chi connectivity index (χ4n) is 5.16. The number of allylic oxidation sites excluding steroid dienone is 2. The van der Waals surface area contributed by atoms with E-state index in [-0.39, 0.29) is 47.9 Å². The Balaban J connectivity index is 1.32. The highest BCUT2D eigenvalue weighted by Gasteiger charge is 2.67. The summed E-state index contributed by atoms with van der Waals surface area (Å²) in [5.74, 6) is 0.441. The molecule has 5 nitrogen and oxygen atoms in total. The molecule has 1 saturated heterocycles. The van der Waals surface area contributed by atoms with Crippen molar-refractivity contribution >= 4 is 23.4 Å². The smallest absolute Gasteiger partial charge is 0.244 e. The number of anilines is 1. The second-order valence-corrected chi connectivity index (χ2v) is 7.83. The monoisotopic (exact) mass is 336 g/mol. The van der Waals surface area contributed by atoms with Gasteiger partial charge in [-0.2, -0.15) is 0 Å². The van der Waals surface area contributed by atoms with Gasteiger partial charge in [0.15, 0.2) is 0 Å². The standard InChI is InChI=1S/C20H20N2O3/c1-10-2-4-11(5-3-10)21-16(23)9-22-19(24)17-12-6-7-13(15-8-14(12)15)18(17)20(22)25/h2-7,12-15,17-18H,8-9H2,1H3,(H,21,23)/t12-,13-,14-,15-,17-,18+/m1/s1. The topological polar surface area (TPSA) is 66.5 Å². The first-order valence-corrected chi connectivity index (χ1v) is 8.94. The third-order valence-corrected chi connectivity index (χ3v) is 6.39. The van der Waals surface area contributed by atoms with Crippen LogP contribution in [0.5, 0.6) is 0 Å². The average molecular weight is 336 g/mol. The van der Waals surface area contributed by atoms with Crippen molar-refractivity contribution in [1.82, 2.24) is 4.90 Å². The van der Waals surface area contributed by atoms with Gasteiger partial charge in [-0.05, 0) is 49.1 Å². The van der Waals surface area contributed by atoms with Gasteiger partial charge in [-0.15, -0.1) is 0 Å². The van der Waals surface area contributed by atoms with Crippen molar-refractivity contribution in [2.24, 2.45) is 35.5 Å². The van der Waals surface area contributed by atoms with E-state index in [1.165, 1.54) is 4.90 Å². The first-order valence-electron chi connectivity index (χ1n) is 8.94. The van der Waals surface area contributed by atoms with Gasteiger partial charge >= 0.3 is 0 Å². The van der Waals surface area contributed by atoms with Gasteiger partial charge < -0.3 is 5.32 Å². The minimum Gasteiger partial charge on any atom is -0.325 e. The van der Waals surface area contributed by atoms with Gasteiger partial charge in [-0.25, -0.2) is 0 Å². The Morgan fingerprint density at radius 2 is 1.60 bits per heavy atom. The van der Waals surface area contributed by atoms with E-state index in [1.807, 2.05) is 31.2 Å². The number of likely N-dealkylation sites (tertiary alicyclic amines) is 1. The zero-order chi connectivity index (χ0) is 17.3. The molecule has 1 aromatic rings. The summed E-state index contributed by atoms with van der Waals surface area (Å²) in [6.07, 6.45) is 5.42. The van der Waals surface area contributed by atoms with Crippen LogP contribution >= 0.6 is 0 Å². The van der Waals surface area contributed by atoms with Crippen LogP contribution in [-0.2, 0) is 14.4 Å². The Bertz CT molecular complexity index is 777. The van der Waals surface area contributed by atoms with Gasteiger partial charge in [-0.3, -0.25) is 19.3 Å². The summed E-state index contributed by atoms with van der Waals surface area (Å²) in [5.41, 5.74) is 1.78. The Morgan fingerprint density at radius 1 is 1.04 bits per heavy atom. The lowest BCUT2D eigenvalue weighted by Gasteiger charge is -2.37. The SMILES string of the molecule is Cc1ccc(NC(=O)CN2C(=O)[C@@H]3[C@@H]4C=C[C@H]([C@H]5C[C@H]45)[C@@H]3C2=O)cc1. The van der Waals surface area contributed by atoms with E-state index < -0.39 is 0 Å². The van der Waals surface area contributed by atoms with E-state index in [9.17, 15) is 14.4 Å². The van der Waals surface area contributed by atoms with E-state index in [4.69, 9.17) is 0 Å². The van der Waals surface area contributed by atoms with Crippen LogP contribution in [0.15, 0.2) is 36.4 Å². The van der Waals surface area contributed by atoms with Crippen molar-refractivity contribution in [3.63, 3.8) is 0 Å². The predicted molar refractivity (Wildman–Crippen MR) is 91.2 cm³/mol. The van der Waals surface area contributed by atoms with Gasteiger partial charge in [0.1, 0.15) is 6.54 Å². The summed E-state index contributed by atoms with van der Waals surface area (Å²) < 4.78 is 0. The van der Waals surface area contributed by atoms with Crippen molar-refractivity contribution in [3.8, 4) is 0 Å². The molecule has 25 heavy (non-hydrogen) atoms. The molecule has 1 N–H and O–H groups in total. The minimum absolute atomic E-state index is 0.154. The van der Waals surface area contributed by atoms with Gasteiger partial charge in [0.05, 0.1) is 11.8 Å². The Kier molecular flexibility index (Phi) is 3.00. The number of imide groups is 1. The van der Waals surface area contributed by atoms with Crippen molar-refractivity contribution in [1.29, 1.82) is 0 Å². The molecule has 3 amide bonds. The molecule has 2 saturated carbocycles. The summed E-state index contributed by atoms with van der Waals surface area (Å²) in [5, 5.41) is 2.77. The van der Waals surface area contributed by atoms with Crippen LogP contribution in [0.2, 0.25) is 0 Å². The molecule has 2 bridgehead atoms. The fraction of sp³-hybridized carbons (Fsp3) is 0.450. The normalized spacial score (nSPS) is 37.1. The van der Waals surface area contributed by atoms with Crippen LogP contribution in [0, 0.1) is 42.4 Å². The Hall–Kier alpha value is -2.43. The van der Waals surface area contributed by atoms with E-state index >= 15 is 0 Å². The summed E-state index contributed by atoms with van der Waals surface area (Å²) in [7, 11) is 0. The number of benzene rings is 1. The van der Waals surface area contributed by atoms with Crippen molar-refractivity contribution in [2.45, 2.75) is 13.3 Å². The zero-order valence-corrected chi connectivity index (χ0v) is 14.0. The van der Waals surface area contributed by atoms with Gasteiger partial charge in [0, 0.05) is 5.69 Å². The fourth-order valence-corrected chi connectivity index (χ4v) is 5.16. The first-order chi connectivity index (χ1) is 12.0. The molecule has 1 aromatic carbocycles. The summed E-state index contributed by atoms with van der Waals surface area (Å²) in [4.78, 5) is 39.2. The van der Waals surface area contributed by atoms with Crippen molar-refractivity contribution in [3.05, 3.63) is 42.0 Å². The molecular formula is C20H20N2O3. The molecule has 0 radical (unpaired) electrons. The largest absolute Gasteiger partial charge is 0.325 e. The lowest BCUT2D eigenvalue weighted by Crippen LogP contribution is -2.40. The maximum absolute atomic E-state index is 12.8. The molecule has 1 heterocycles. The molecule has 1 aliphatic heterocycles. The summed E-state index contributed by atoms with van der Waals surface area (Å²) in [6.45, 7) is 1.79. The second kappa shape index (κ2) is 5.04. The lowest BCUT2D eigenvalue weighted by molar-refractivity contribution is -0.142. The van der Waals surface area contributed by atoms with Crippen LogP contribution in [0.25, 0.3) is 0 Å². The van der Waals surface area contributed by atoms with Crippen LogP contribution in [0.1, 0.15) is 12.0 Å². The van der Waals surface area contributed by atoms with Gasteiger partial charge in [0.2, 0.25) is 17.7 Å². The minimum atomic E-state index is -0.324. The molecule has 0 spiro atoms. The molecule has 6 rings (SSSR count). The molecule has 128 valence electrons. The summed E-state index contributed by atoms with van der Waals surface area (Å²) >= 11 is 0. The van der Waals surface area contributed by atoms with Crippen LogP contribution in [-0.4, -0.2) is 29.2 Å². The van der Waals surface area contributed by atoms with Gasteiger partial charge in [-0.1, -0.05) is 29.8 Å². The predicted octanol–water partition coefficient (Wildman–Crippen LogP) is 1.99. The van der Waals surface area contributed by atoms with E-state index in [2.05, 4.69) is 17.5 Å². The van der Waals surface area contributed by atoms with Gasteiger partial charge in [0.25, 0.3) is 0 Å². The maximum Gasteiger partial charge on any atom is 0.244 e. The number of rotatable bonds is 3. The number of aryl methyl sites for hydroxylation is 1. The van der Waals surface area contributed by atoms with Crippen LogP contribution in [0.4, 0.5) is 5.69 Å². The number of hydrogen-bond acceptors (Lipinski definition) is 3. The molecule has 5 aliphatic rings.